The van der Waals surface area contributed by atoms with Crippen molar-refractivity contribution in [1.29, 1.82) is 5.26 Å². The van der Waals surface area contributed by atoms with Crippen molar-refractivity contribution in [2.24, 2.45) is 0 Å². The summed E-state index contributed by atoms with van der Waals surface area (Å²) in [5, 5.41) is 12.7. The average molecular weight is 506 g/mol. The zero-order chi connectivity index (χ0) is 24.3. The monoisotopic (exact) mass is 504 g/mol. The van der Waals surface area contributed by atoms with Crippen LogP contribution in [0, 0.1) is 11.3 Å². The lowest BCUT2D eigenvalue weighted by molar-refractivity contribution is 0.286. The molecule has 34 heavy (non-hydrogen) atoms. The Hall–Kier alpha value is -2.81. The topological polar surface area (TPSA) is 38.0 Å². The van der Waals surface area contributed by atoms with Crippen LogP contribution in [0.5, 0.6) is 0 Å². The molecular formula is C28H26Cl2N2OSi. The first-order chi connectivity index (χ1) is 16.3. The molecule has 0 unspecified atom stereocenters. The first-order valence-electron chi connectivity index (χ1n) is 11.1. The highest BCUT2D eigenvalue weighted by Crippen LogP contribution is 2.39. The van der Waals surface area contributed by atoms with Crippen LogP contribution >= 0.6 is 23.2 Å². The normalized spacial score (nSPS) is 11.9. The highest BCUT2D eigenvalue weighted by molar-refractivity contribution is 6.99. The molecule has 0 aliphatic rings. The molecule has 172 valence electrons. The van der Waals surface area contributed by atoms with Gasteiger partial charge in [-0.1, -0.05) is 105 Å². The summed E-state index contributed by atoms with van der Waals surface area (Å²) in [6.07, 6.45) is 1.82. The first-order valence-corrected chi connectivity index (χ1v) is 13.8. The van der Waals surface area contributed by atoms with Gasteiger partial charge in [-0.05, 0) is 39.7 Å². The molecule has 0 saturated carbocycles. The molecule has 4 aromatic rings. The van der Waals surface area contributed by atoms with Gasteiger partial charge in [0, 0.05) is 16.8 Å². The Bertz CT molecular complexity index is 1280. The molecule has 0 bridgehead atoms. The summed E-state index contributed by atoms with van der Waals surface area (Å²) >= 11 is 13.5. The summed E-state index contributed by atoms with van der Waals surface area (Å²) in [7, 11) is -2.76. The van der Waals surface area contributed by atoms with Crippen LogP contribution in [0.25, 0.3) is 5.69 Å². The Kier molecular flexibility index (Phi) is 7.02. The van der Waals surface area contributed by atoms with E-state index >= 15 is 0 Å². The molecule has 0 N–H and O–H groups in total. The number of hydrogen-bond donors (Lipinski definition) is 0. The largest absolute Gasteiger partial charge is 0.403 e. The zero-order valence-electron chi connectivity index (χ0n) is 19.4. The van der Waals surface area contributed by atoms with Crippen LogP contribution in [0.4, 0.5) is 0 Å². The van der Waals surface area contributed by atoms with Crippen molar-refractivity contribution in [2.45, 2.75) is 32.4 Å². The number of nitrogens with zero attached hydrogens (tertiary/aromatic N) is 2. The summed E-state index contributed by atoms with van der Waals surface area (Å²) in [5.41, 5.74) is 1.92. The molecule has 0 saturated heterocycles. The van der Waals surface area contributed by atoms with E-state index in [0.717, 1.165) is 0 Å². The van der Waals surface area contributed by atoms with E-state index in [1.165, 1.54) is 10.4 Å². The Labute approximate surface area is 212 Å². The SMILES string of the molecule is CC(C)(C)[Si](OCc1c(Cl)ccc(-n2cccc2C#N)c1Cl)(c1ccccc1)c1ccccc1. The Morgan fingerprint density at radius 1 is 0.853 bits per heavy atom. The second-order valence-corrected chi connectivity index (χ2v) is 14.3. The van der Waals surface area contributed by atoms with Gasteiger partial charge in [0.2, 0.25) is 0 Å². The van der Waals surface area contributed by atoms with Gasteiger partial charge in [0.15, 0.2) is 0 Å². The van der Waals surface area contributed by atoms with E-state index in [0.29, 0.717) is 27.0 Å². The molecule has 0 aliphatic carbocycles. The predicted octanol–water partition coefficient (Wildman–Crippen LogP) is 6.73. The molecule has 0 aliphatic heterocycles. The molecule has 0 atom stereocenters. The third-order valence-electron chi connectivity index (χ3n) is 6.14. The summed E-state index contributed by atoms with van der Waals surface area (Å²) in [6, 6.07) is 30.3. The van der Waals surface area contributed by atoms with E-state index in [4.69, 9.17) is 27.6 Å². The molecule has 0 amide bonds. The standard InChI is InChI=1S/C28H26Cl2N2OSi/c1-28(2,3)34(22-12-6-4-7-13-22,23-14-8-5-9-15-23)33-20-24-25(29)16-17-26(27(24)30)32-18-10-11-21(32)19-31/h4-18H,20H2,1-3H3. The third-order valence-corrected chi connectivity index (χ3v) is 11.9. The molecule has 1 heterocycles. The lowest BCUT2D eigenvalue weighted by atomic mass is 10.2. The molecule has 0 fully saturated rings. The van der Waals surface area contributed by atoms with Gasteiger partial charge in [0.05, 0.1) is 17.3 Å². The molecule has 0 spiro atoms. The second-order valence-electron chi connectivity index (χ2n) is 9.19. The Morgan fingerprint density at radius 3 is 1.97 bits per heavy atom. The quantitative estimate of drug-likeness (QED) is 0.273. The van der Waals surface area contributed by atoms with Crippen molar-refractivity contribution in [1.82, 2.24) is 4.57 Å². The lowest BCUT2D eigenvalue weighted by Gasteiger charge is -2.43. The smallest absolute Gasteiger partial charge is 0.261 e. The van der Waals surface area contributed by atoms with Crippen molar-refractivity contribution < 1.29 is 4.43 Å². The van der Waals surface area contributed by atoms with E-state index in [1.54, 1.807) is 10.6 Å². The molecule has 3 nitrogen and oxygen atoms in total. The van der Waals surface area contributed by atoms with Gasteiger partial charge in [-0.2, -0.15) is 5.26 Å². The molecule has 0 radical (unpaired) electrons. The average Bonchev–Trinajstić information content (AvgIpc) is 3.30. The highest BCUT2D eigenvalue weighted by Gasteiger charge is 2.50. The number of nitriles is 1. The van der Waals surface area contributed by atoms with Crippen LogP contribution in [0.1, 0.15) is 32.0 Å². The fraction of sp³-hybridized carbons (Fsp3) is 0.179. The van der Waals surface area contributed by atoms with Crippen LogP contribution in [-0.4, -0.2) is 12.9 Å². The number of benzene rings is 3. The minimum Gasteiger partial charge on any atom is -0.403 e. The van der Waals surface area contributed by atoms with Crippen molar-refractivity contribution in [2.75, 3.05) is 0 Å². The molecular weight excluding hydrogens is 479 g/mol. The fourth-order valence-electron chi connectivity index (χ4n) is 4.53. The van der Waals surface area contributed by atoms with Crippen molar-refractivity contribution in [3.8, 4) is 11.8 Å². The highest BCUT2D eigenvalue weighted by atomic mass is 35.5. The van der Waals surface area contributed by atoms with E-state index in [-0.39, 0.29) is 11.6 Å². The number of hydrogen-bond acceptors (Lipinski definition) is 2. The maximum absolute atomic E-state index is 9.48. The summed E-state index contributed by atoms with van der Waals surface area (Å²) in [6.45, 7) is 6.95. The van der Waals surface area contributed by atoms with Gasteiger partial charge in [0.25, 0.3) is 8.32 Å². The maximum Gasteiger partial charge on any atom is 0.261 e. The fourth-order valence-corrected chi connectivity index (χ4v) is 9.61. The third kappa shape index (κ3) is 4.33. The van der Waals surface area contributed by atoms with Gasteiger partial charge in [-0.15, -0.1) is 0 Å². The van der Waals surface area contributed by atoms with Gasteiger partial charge in [-0.3, -0.25) is 0 Å². The maximum atomic E-state index is 9.48. The van der Waals surface area contributed by atoms with E-state index < -0.39 is 8.32 Å². The zero-order valence-corrected chi connectivity index (χ0v) is 21.9. The lowest BCUT2D eigenvalue weighted by Crippen LogP contribution is -2.66. The minimum atomic E-state index is -2.76. The van der Waals surface area contributed by atoms with Gasteiger partial charge >= 0.3 is 0 Å². The summed E-state index contributed by atoms with van der Waals surface area (Å²) < 4.78 is 8.81. The van der Waals surface area contributed by atoms with Gasteiger partial charge in [-0.25, -0.2) is 0 Å². The molecule has 6 heteroatoms. The molecule has 3 aromatic carbocycles. The van der Waals surface area contributed by atoms with E-state index in [2.05, 4.69) is 75.4 Å². The van der Waals surface area contributed by atoms with E-state index in [9.17, 15) is 5.26 Å². The Morgan fingerprint density at radius 2 is 1.44 bits per heavy atom. The van der Waals surface area contributed by atoms with E-state index in [1.807, 2.05) is 36.5 Å². The van der Waals surface area contributed by atoms with Crippen molar-refractivity contribution in [3.05, 3.63) is 112 Å². The minimum absolute atomic E-state index is 0.166. The van der Waals surface area contributed by atoms with Gasteiger partial charge in [0.1, 0.15) is 11.8 Å². The van der Waals surface area contributed by atoms with Gasteiger partial charge < -0.3 is 8.99 Å². The van der Waals surface area contributed by atoms with Crippen LogP contribution in [0.3, 0.4) is 0 Å². The Balaban J connectivity index is 1.84. The van der Waals surface area contributed by atoms with Crippen LogP contribution in [-0.2, 0) is 11.0 Å². The first kappa shape index (κ1) is 24.3. The number of rotatable bonds is 6. The molecule has 1 aromatic heterocycles. The number of halogens is 2. The van der Waals surface area contributed by atoms with Crippen molar-refractivity contribution in [3.63, 3.8) is 0 Å². The second kappa shape index (κ2) is 9.81. The number of aromatic nitrogens is 1. The molecule has 4 rings (SSSR count). The summed E-state index contributed by atoms with van der Waals surface area (Å²) in [5.74, 6) is 0. The van der Waals surface area contributed by atoms with Crippen LogP contribution < -0.4 is 10.4 Å². The van der Waals surface area contributed by atoms with Crippen LogP contribution in [0.15, 0.2) is 91.1 Å². The summed E-state index contributed by atoms with van der Waals surface area (Å²) in [4.78, 5) is 0. The van der Waals surface area contributed by atoms with Crippen LogP contribution in [0.2, 0.25) is 15.1 Å². The predicted molar refractivity (Wildman–Crippen MR) is 143 cm³/mol. The van der Waals surface area contributed by atoms with Crippen molar-refractivity contribution >= 4 is 41.9 Å².